The van der Waals surface area contributed by atoms with E-state index in [2.05, 4.69) is 9.88 Å². The van der Waals surface area contributed by atoms with Gasteiger partial charge in [0.15, 0.2) is 5.13 Å². The molecule has 32 heavy (non-hydrogen) atoms. The minimum atomic E-state index is -0.450. The van der Waals surface area contributed by atoms with Gasteiger partial charge in [-0.3, -0.25) is 24.7 Å². The van der Waals surface area contributed by atoms with Crippen molar-refractivity contribution in [2.75, 3.05) is 44.3 Å². The summed E-state index contributed by atoms with van der Waals surface area (Å²) in [5, 5.41) is 12.1. The number of rotatable bonds is 8. The van der Waals surface area contributed by atoms with Gasteiger partial charge in [-0.05, 0) is 24.1 Å². The van der Waals surface area contributed by atoms with E-state index in [4.69, 9.17) is 16.3 Å². The van der Waals surface area contributed by atoms with E-state index in [1.165, 1.54) is 23.5 Å². The maximum absolute atomic E-state index is 13.3. The molecule has 1 saturated heterocycles. The van der Waals surface area contributed by atoms with Gasteiger partial charge in [0.1, 0.15) is 5.52 Å². The van der Waals surface area contributed by atoms with E-state index in [0.29, 0.717) is 22.2 Å². The van der Waals surface area contributed by atoms with Crippen LogP contribution in [-0.4, -0.2) is 60.1 Å². The lowest BCUT2D eigenvalue weighted by molar-refractivity contribution is -0.384. The van der Waals surface area contributed by atoms with Crippen LogP contribution in [0.4, 0.5) is 10.8 Å². The van der Waals surface area contributed by atoms with Crippen molar-refractivity contribution in [1.29, 1.82) is 0 Å². The molecular weight excluding hydrogens is 452 g/mol. The minimum absolute atomic E-state index is 0.00406. The SMILES string of the molecule is O=C(Cc1ccc([N+](=O)[O-])cc1)N(CCCN1CCOCC1)c1nc2c(Cl)cccc2s1. The number of halogens is 1. The number of amides is 1. The molecule has 0 aliphatic carbocycles. The molecule has 168 valence electrons. The summed E-state index contributed by atoms with van der Waals surface area (Å²) in [5.41, 5.74) is 1.41. The average Bonchev–Trinajstić information content (AvgIpc) is 3.23. The summed E-state index contributed by atoms with van der Waals surface area (Å²) in [4.78, 5) is 32.4. The van der Waals surface area contributed by atoms with Gasteiger partial charge in [-0.25, -0.2) is 4.98 Å². The van der Waals surface area contributed by atoms with Gasteiger partial charge in [-0.2, -0.15) is 0 Å². The highest BCUT2D eigenvalue weighted by Crippen LogP contribution is 2.33. The van der Waals surface area contributed by atoms with Crippen LogP contribution in [0, 0.1) is 10.1 Å². The molecule has 8 nitrogen and oxygen atoms in total. The number of non-ortho nitro benzene ring substituents is 1. The van der Waals surface area contributed by atoms with Gasteiger partial charge in [0, 0.05) is 38.3 Å². The first-order valence-corrected chi connectivity index (χ1v) is 11.6. The first-order chi connectivity index (χ1) is 15.5. The summed E-state index contributed by atoms with van der Waals surface area (Å²) in [7, 11) is 0. The first-order valence-electron chi connectivity index (χ1n) is 10.4. The third kappa shape index (κ3) is 5.42. The molecule has 1 aliphatic heterocycles. The van der Waals surface area contributed by atoms with Crippen LogP contribution < -0.4 is 4.90 Å². The number of para-hydroxylation sites is 1. The third-order valence-electron chi connectivity index (χ3n) is 5.35. The van der Waals surface area contributed by atoms with Crippen molar-refractivity contribution < 1.29 is 14.5 Å². The summed E-state index contributed by atoms with van der Waals surface area (Å²) in [6.45, 7) is 4.66. The fraction of sp³-hybridized carbons (Fsp3) is 0.364. The number of hydrogen-bond acceptors (Lipinski definition) is 7. The molecule has 1 aromatic heterocycles. The quantitative estimate of drug-likeness (QED) is 0.360. The van der Waals surface area contributed by atoms with Crippen molar-refractivity contribution in [3.63, 3.8) is 0 Å². The van der Waals surface area contributed by atoms with E-state index in [0.717, 1.165) is 49.5 Å². The number of carbonyl (C=O) groups is 1. The maximum Gasteiger partial charge on any atom is 0.269 e. The van der Waals surface area contributed by atoms with Crippen molar-refractivity contribution in [1.82, 2.24) is 9.88 Å². The molecule has 1 fully saturated rings. The molecule has 2 aromatic carbocycles. The van der Waals surface area contributed by atoms with Gasteiger partial charge in [-0.15, -0.1) is 0 Å². The van der Waals surface area contributed by atoms with Gasteiger partial charge in [-0.1, -0.05) is 41.1 Å². The zero-order chi connectivity index (χ0) is 22.5. The maximum atomic E-state index is 13.3. The molecule has 1 aliphatic rings. The van der Waals surface area contributed by atoms with E-state index in [1.54, 1.807) is 23.1 Å². The Kier molecular flexibility index (Phi) is 7.31. The van der Waals surface area contributed by atoms with E-state index in [-0.39, 0.29) is 18.0 Å². The third-order valence-corrected chi connectivity index (χ3v) is 6.70. The number of nitro groups is 1. The Hall–Kier alpha value is -2.59. The van der Waals surface area contributed by atoms with Crippen LogP contribution in [0.3, 0.4) is 0 Å². The van der Waals surface area contributed by atoms with Crippen LogP contribution in [0.5, 0.6) is 0 Å². The topological polar surface area (TPSA) is 88.8 Å². The Morgan fingerprint density at radius 3 is 2.66 bits per heavy atom. The van der Waals surface area contributed by atoms with E-state index >= 15 is 0 Å². The lowest BCUT2D eigenvalue weighted by Crippen LogP contribution is -2.39. The highest BCUT2D eigenvalue weighted by atomic mass is 35.5. The minimum Gasteiger partial charge on any atom is -0.379 e. The van der Waals surface area contributed by atoms with E-state index in [9.17, 15) is 14.9 Å². The van der Waals surface area contributed by atoms with Gasteiger partial charge in [0.05, 0.1) is 34.3 Å². The number of benzene rings is 2. The fourth-order valence-electron chi connectivity index (χ4n) is 3.63. The van der Waals surface area contributed by atoms with Gasteiger partial charge < -0.3 is 4.74 Å². The molecule has 0 spiro atoms. The van der Waals surface area contributed by atoms with Gasteiger partial charge in [0.2, 0.25) is 5.91 Å². The Bertz CT molecular complexity index is 1100. The zero-order valence-electron chi connectivity index (χ0n) is 17.4. The first kappa shape index (κ1) is 22.6. The largest absolute Gasteiger partial charge is 0.379 e. The molecule has 0 bridgehead atoms. The normalized spacial score (nSPS) is 14.5. The standard InChI is InChI=1S/C22H23ClN4O4S/c23-18-3-1-4-19-21(18)24-22(32-19)26(10-2-9-25-11-13-31-14-12-25)20(28)15-16-5-7-17(8-6-16)27(29)30/h1,3-8H,2,9-15H2. The predicted molar refractivity (Wildman–Crippen MR) is 126 cm³/mol. The molecule has 0 N–H and O–H groups in total. The number of aromatic nitrogens is 1. The summed E-state index contributed by atoms with van der Waals surface area (Å²) >= 11 is 7.74. The lowest BCUT2D eigenvalue weighted by Gasteiger charge is -2.27. The summed E-state index contributed by atoms with van der Waals surface area (Å²) < 4.78 is 6.32. The van der Waals surface area contributed by atoms with Crippen LogP contribution in [0.25, 0.3) is 10.2 Å². The van der Waals surface area contributed by atoms with Gasteiger partial charge in [0.25, 0.3) is 5.69 Å². The van der Waals surface area contributed by atoms with Crippen molar-refractivity contribution in [3.05, 3.63) is 63.2 Å². The Labute approximate surface area is 194 Å². The highest BCUT2D eigenvalue weighted by molar-refractivity contribution is 7.22. The summed E-state index contributed by atoms with van der Waals surface area (Å²) in [6, 6.07) is 11.7. The second-order valence-electron chi connectivity index (χ2n) is 7.54. The van der Waals surface area contributed by atoms with Gasteiger partial charge >= 0.3 is 0 Å². The number of morpholine rings is 1. The second kappa shape index (κ2) is 10.4. The lowest BCUT2D eigenvalue weighted by atomic mass is 10.1. The molecule has 0 radical (unpaired) electrons. The van der Waals surface area contributed by atoms with Crippen LogP contribution in [0.1, 0.15) is 12.0 Å². The Morgan fingerprint density at radius 1 is 1.22 bits per heavy atom. The second-order valence-corrected chi connectivity index (χ2v) is 8.95. The van der Waals surface area contributed by atoms with E-state index in [1.807, 2.05) is 12.1 Å². The number of carbonyl (C=O) groups excluding carboxylic acids is 1. The fourth-order valence-corrected chi connectivity index (χ4v) is 4.94. The number of thiazole rings is 1. The molecule has 3 aromatic rings. The number of nitro benzene ring substituents is 1. The van der Waals surface area contributed by atoms with Crippen LogP contribution >= 0.6 is 22.9 Å². The summed E-state index contributed by atoms with van der Waals surface area (Å²) in [6.07, 6.45) is 0.939. The smallest absolute Gasteiger partial charge is 0.269 e. The number of hydrogen-bond donors (Lipinski definition) is 0. The highest BCUT2D eigenvalue weighted by Gasteiger charge is 2.21. The molecule has 0 atom stereocenters. The Morgan fingerprint density at radius 2 is 1.97 bits per heavy atom. The van der Waals surface area contributed by atoms with Crippen LogP contribution in [-0.2, 0) is 16.0 Å². The van der Waals surface area contributed by atoms with Crippen molar-refractivity contribution in [3.8, 4) is 0 Å². The van der Waals surface area contributed by atoms with Crippen molar-refractivity contribution in [2.24, 2.45) is 0 Å². The molecule has 2 heterocycles. The zero-order valence-corrected chi connectivity index (χ0v) is 19.0. The molecule has 1 amide bonds. The number of anilines is 1. The monoisotopic (exact) mass is 474 g/mol. The number of fused-ring (bicyclic) bond motifs is 1. The molecule has 0 unspecified atom stereocenters. The molecule has 4 rings (SSSR count). The number of nitrogens with zero attached hydrogens (tertiary/aromatic N) is 4. The van der Waals surface area contributed by atoms with Crippen molar-refractivity contribution in [2.45, 2.75) is 12.8 Å². The molecule has 10 heteroatoms. The Balaban J connectivity index is 1.51. The molecule has 0 saturated carbocycles. The van der Waals surface area contributed by atoms with Crippen molar-refractivity contribution >= 4 is 49.9 Å². The van der Waals surface area contributed by atoms with Crippen LogP contribution in [0.15, 0.2) is 42.5 Å². The van der Waals surface area contributed by atoms with E-state index < -0.39 is 4.92 Å². The molecular formula is C22H23ClN4O4S. The predicted octanol–water partition coefficient (Wildman–Crippen LogP) is 4.16. The average molecular weight is 475 g/mol. The van der Waals surface area contributed by atoms with Crippen LogP contribution in [0.2, 0.25) is 5.02 Å². The number of ether oxygens (including phenoxy) is 1. The summed E-state index contributed by atoms with van der Waals surface area (Å²) in [5.74, 6) is -0.101.